The SMILES string of the molecule is NC1CCC(Cc2cc(-c3cccc(N[C@@H]4CC45CCOCC5)n3)c(Cl)cn2)CC1. The summed E-state index contributed by atoms with van der Waals surface area (Å²) < 4.78 is 5.53. The van der Waals surface area contributed by atoms with Gasteiger partial charge in [0, 0.05) is 42.8 Å². The van der Waals surface area contributed by atoms with Gasteiger partial charge >= 0.3 is 0 Å². The van der Waals surface area contributed by atoms with E-state index in [0.717, 1.165) is 68.1 Å². The number of rotatable bonds is 5. The first kappa shape index (κ1) is 20.2. The van der Waals surface area contributed by atoms with Crippen molar-refractivity contribution in [1.29, 1.82) is 0 Å². The van der Waals surface area contributed by atoms with E-state index in [1.54, 1.807) is 6.20 Å². The summed E-state index contributed by atoms with van der Waals surface area (Å²) in [6, 6.07) is 9.15. The van der Waals surface area contributed by atoms with Crippen LogP contribution >= 0.6 is 11.6 Å². The number of aromatic nitrogens is 2. The molecule has 3 aliphatic rings. The summed E-state index contributed by atoms with van der Waals surface area (Å²) >= 11 is 6.53. The molecule has 5 rings (SSSR count). The van der Waals surface area contributed by atoms with Gasteiger partial charge in [0.15, 0.2) is 0 Å². The summed E-state index contributed by atoms with van der Waals surface area (Å²) in [6.07, 6.45) is 10.9. The monoisotopic (exact) mass is 426 g/mol. The van der Waals surface area contributed by atoms with Gasteiger partial charge in [0.25, 0.3) is 0 Å². The molecule has 6 heteroatoms. The van der Waals surface area contributed by atoms with E-state index < -0.39 is 0 Å². The van der Waals surface area contributed by atoms with Crippen LogP contribution in [0.15, 0.2) is 30.5 Å². The van der Waals surface area contributed by atoms with Crippen LogP contribution in [0.3, 0.4) is 0 Å². The van der Waals surface area contributed by atoms with Crippen LogP contribution in [0.4, 0.5) is 5.82 Å². The molecule has 3 N–H and O–H groups in total. The van der Waals surface area contributed by atoms with Gasteiger partial charge in [-0.2, -0.15) is 0 Å². The Morgan fingerprint density at radius 2 is 1.97 bits per heavy atom. The second-order valence-corrected chi connectivity index (χ2v) is 9.83. The molecule has 5 nitrogen and oxygen atoms in total. The van der Waals surface area contributed by atoms with E-state index in [1.807, 2.05) is 6.07 Å². The number of ether oxygens (including phenoxy) is 1. The second kappa shape index (κ2) is 8.45. The molecule has 2 aromatic heterocycles. The Hall–Kier alpha value is -1.69. The van der Waals surface area contributed by atoms with E-state index >= 15 is 0 Å². The van der Waals surface area contributed by atoms with Crippen molar-refractivity contribution < 1.29 is 4.74 Å². The van der Waals surface area contributed by atoms with Gasteiger partial charge in [-0.15, -0.1) is 0 Å². The van der Waals surface area contributed by atoms with Gasteiger partial charge in [0.05, 0.1) is 10.7 Å². The van der Waals surface area contributed by atoms with Crippen LogP contribution in [-0.4, -0.2) is 35.3 Å². The molecule has 3 heterocycles. The van der Waals surface area contributed by atoms with Crippen molar-refractivity contribution in [3.05, 3.63) is 41.2 Å². The van der Waals surface area contributed by atoms with Crippen LogP contribution in [0.2, 0.25) is 5.02 Å². The molecule has 2 aromatic rings. The second-order valence-electron chi connectivity index (χ2n) is 9.42. The maximum Gasteiger partial charge on any atom is 0.126 e. The van der Waals surface area contributed by atoms with Gasteiger partial charge in [-0.3, -0.25) is 4.98 Å². The van der Waals surface area contributed by atoms with Crippen LogP contribution in [0.25, 0.3) is 11.3 Å². The summed E-state index contributed by atoms with van der Waals surface area (Å²) in [4.78, 5) is 9.49. The Bertz CT molecular complexity index is 891. The van der Waals surface area contributed by atoms with Crippen molar-refractivity contribution >= 4 is 17.4 Å². The minimum Gasteiger partial charge on any atom is -0.381 e. The summed E-state index contributed by atoms with van der Waals surface area (Å²) in [7, 11) is 0. The molecule has 160 valence electrons. The Morgan fingerprint density at radius 1 is 1.17 bits per heavy atom. The van der Waals surface area contributed by atoms with Crippen molar-refractivity contribution in [1.82, 2.24) is 9.97 Å². The van der Waals surface area contributed by atoms with Crippen LogP contribution in [0, 0.1) is 11.3 Å². The molecular weight excluding hydrogens is 396 g/mol. The average Bonchev–Trinajstić information content (AvgIpc) is 3.41. The molecule has 0 bridgehead atoms. The third kappa shape index (κ3) is 4.34. The van der Waals surface area contributed by atoms with Gasteiger partial charge in [-0.25, -0.2) is 4.98 Å². The summed E-state index contributed by atoms with van der Waals surface area (Å²) in [5.41, 5.74) is 9.44. The van der Waals surface area contributed by atoms with E-state index in [0.29, 0.717) is 28.4 Å². The van der Waals surface area contributed by atoms with Crippen molar-refractivity contribution in [3.8, 4) is 11.3 Å². The lowest BCUT2D eigenvalue weighted by Gasteiger charge is -2.25. The van der Waals surface area contributed by atoms with E-state index in [1.165, 1.54) is 19.3 Å². The highest BCUT2D eigenvalue weighted by molar-refractivity contribution is 6.33. The van der Waals surface area contributed by atoms with Gasteiger partial charge < -0.3 is 15.8 Å². The van der Waals surface area contributed by atoms with Crippen molar-refractivity contribution in [3.63, 3.8) is 0 Å². The minimum absolute atomic E-state index is 0.376. The molecule has 2 saturated carbocycles. The predicted molar refractivity (Wildman–Crippen MR) is 121 cm³/mol. The lowest BCUT2D eigenvalue weighted by atomic mass is 9.83. The van der Waals surface area contributed by atoms with E-state index in [4.69, 9.17) is 27.1 Å². The van der Waals surface area contributed by atoms with Crippen LogP contribution in [0.5, 0.6) is 0 Å². The first-order valence-electron chi connectivity index (χ1n) is 11.3. The largest absolute Gasteiger partial charge is 0.381 e. The fourth-order valence-corrected chi connectivity index (χ4v) is 5.40. The molecule has 1 saturated heterocycles. The Morgan fingerprint density at radius 3 is 2.77 bits per heavy atom. The maximum atomic E-state index is 6.53. The fraction of sp³-hybridized carbons (Fsp3) is 0.583. The number of hydrogen-bond donors (Lipinski definition) is 2. The molecule has 2 aliphatic carbocycles. The maximum absolute atomic E-state index is 6.53. The molecule has 1 aliphatic heterocycles. The van der Waals surface area contributed by atoms with Crippen LogP contribution in [0.1, 0.15) is 50.6 Å². The number of nitrogens with two attached hydrogens (primary N) is 1. The minimum atomic E-state index is 0.376. The normalized spacial score (nSPS) is 27.7. The molecule has 3 fully saturated rings. The highest BCUT2D eigenvalue weighted by Crippen LogP contribution is 2.54. The number of pyridine rings is 2. The zero-order chi connectivity index (χ0) is 20.6. The fourth-order valence-electron chi connectivity index (χ4n) is 5.20. The molecule has 1 atom stereocenters. The third-order valence-electron chi connectivity index (χ3n) is 7.33. The van der Waals surface area contributed by atoms with Crippen molar-refractivity contribution in [2.24, 2.45) is 17.1 Å². The Balaban J connectivity index is 1.30. The highest BCUT2D eigenvalue weighted by Gasteiger charge is 2.54. The van der Waals surface area contributed by atoms with Crippen LogP contribution < -0.4 is 11.1 Å². The van der Waals surface area contributed by atoms with E-state index in [-0.39, 0.29) is 0 Å². The number of nitrogens with one attached hydrogen (secondary N) is 1. The molecule has 1 spiro atoms. The number of anilines is 1. The lowest BCUT2D eigenvalue weighted by Crippen LogP contribution is -2.27. The molecule has 0 aromatic carbocycles. The number of hydrogen-bond acceptors (Lipinski definition) is 5. The smallest absolute Gasteiger partial charge is 0.126 e. The molecule has 30 heavy (non-hydrogen) atoms. The van der Waals surface area contributed by atoms with Crippen molar-refractivity contribution in [2.45, 2.75) is 63.5 Å². The molecule has 0 unspecified atom stereocenters. The Labute approximate surface area is 183 Å². The van der Waals surface area contributed by atoms with Gasteiger partial charge in [-0.1, -0.05) is 17.7 Å². The zero-order valence-corrected chi connectivity index (χ0v) is 18.2. The lowest BCUT2D eigenvalue weighted by molar-refractivity contribution is 0.0567. The topological polar surface area (TPSA) is 73.1 Å². The summed E-state index contributed by atoms with van der Waals surface area (Å²) in [6.45, 7) is 1.77. The van der Waals surface area contributed by atoms with Crippen LogP contribution in [-0.2, 0) is 11.2 Å². The van der Waals surface area contributed by atoms with Gasteiger partial charge in [0.1, 0.15) is 5.82 Å². The van der Waals surface area contributed by atoms with Gasteiger partial charge in [0.2, 0.25) is 0 Å². The van der Waals surface area contributed by atoms with Gasteiger partial charge in [-0.05, 0) is 80.9 Å². The van der Waals surface area contributed by atoms with E-state index in [2.05, 4.69) is 28.5 Å². The molecule has 0 radical (unpaired) electrons. The number of halogens is 1. The molecular formula is C24H31ClN4O. The average molecular weight is 427 g/mol. The summed E-state index contributed by atoms with van der Waals surface area (Å²) in [5, 5.41) is 4.31. The predicted octanol–water partition coefficient (Wildman–Crippen LogP) is 4.84. The number of nitrogens with zero attached hydrogens (tertiary/aromatic N) is 2. The summed E-state index contributed by atoms with van der Waals surface area (Å²) in [5.74, 6) is 1.59. The zero-order valence-electron chi connectivity index (χ0n) is 17.4. The third-order valence-corrected chi connectivity index (χ3v) is 7.63. The standard InChI is InChI=1S/C24H31ClN4O/c25-20-15-27-18(12-16-4-6-17(26)7-5-16)13-19(20)21-2-1-3-23(28-21)29-22-14-24(22)8-10-30-11-9-24/h1-3,13,15-17,22H,4-12,14,26H2,(H,28,29)/t16?,17?,22-/m1/s1. The van der Waals surface area contributed by atoms with E-state index in [9.17, 15) is 0 Å². The Kier molecular flexibility index (Phi) is 5.69. The quantitative estimate of drug-likeness (QED) is 0.715. The van der Waals surface area contributed by atoms with Crippen molar-refractivity contribution in [2.75, 3.05) is 18.5 Å². The highest BCUT2D eigenvalue weighted by atomic mass is 35.5. The first-order valence-corrected chi connectivity index (χ1v) is 11.7. The first-order chi connectivity index (χ1) is 14.6. The molecule has 0 amide bonds.